The molecule has 0 N–H and O–H groups in total. The summed E-state index contributed by atoms with van der Waals surface area (Å²) in [5, 5.41) is 0. The van der Waals surface area contributed by atoms with E-state index in [-0.39, 0.29) is 11.9 Å². The number of hydrogen-bond acceptors (Lipinski definition) is 3. The zero-order chi connectivity index (χ0) is 18.6. The van der Waals surface area contributed by atoms with Crippen LogP contribution < -0.4 is 0 Å². The zero-order valence-corrected chi connectivity index (χ0v) is 17.3. The molecule has 1 atom stereocenters. The Morgan fingerprint density at radius 1 is 1.00 bits per heavy atom. The lowest BCUT2D eigenvalue weighted by Gasteiger charge is -2.38. The minimum Gasteiger partial charge on any atom is -0.357 e. The van der Waals surface area contributed by atoms with Gasteiger partial charge in [-0.15, -0.1) is 0 Å². The number of hydrogen-bond donors (Lipinski definition) is 0. The van der Waals surface area contributed by atoms with Crippen molar-refractivity contribution in [3.8, 4) is 0 Å². The minimum absolute atomic E-state index is 0.0291. The van der Waals surface area contributed by atoms with Gasteiger partial charge in [0, 0.05) is 18.3 Å². The largest absolute Gasteiger partial charge is 0.357 e. The predicted octanol–water partition coefficient (Wildman–Crippen LogP) is 5.78. The summed E-state index contributed by atoms with van der Waals surface area (Å²) in [6, 6.07) is 6.93. The van der Waals surface area contributed by atoms with Crippen LogP contribution >= 0.6 is 11.6 Å². The van der Waals surface area contributed by atoms with E-state index in [4.69, 9.17) is 25.8 Å². The standard InChI is InChI=1S/C23H33ClO3/c1-2-3-4-16-13-26-23(27-14-16)18-7-5-17(6-8-18)19-9-10-20-12-22(24)25-15-21(20)11-19/h9-11,16-18,22-23H,2-8,12-15H2,1H3. The van der Waals surface area contributed by atoms with E-state index < -0.39 is 0 Å². The number of fused-ring (bicyclic) bond motifs is 1. The van der Waals surface area contributed by atoms with Gasteiger partial charge in [-0.05, 0) is 54.7 Å². The van der Waals surface area contributed by atoms with Crippen LogP contribution in [-0.4, -0.2) is 25.1 Å². The van der Waals surface area contributed by atoms with Crippen LogP contribution in [0.5, 0.6) is 0 Å². The molecule has 0 spiro atoms. The van der Waals surface area contributed by atoms with Gasteiger partial charge < -0.3 is 14.2 Å². The number of rotatable bonds is 5. The monoisotopic (exact) mass is 392 g/mol. The van der Waals surface area contributed by atoms with Crippen molar-refractivity contribution in [2.24, 2.45) is 11.8 Å². The Kier molecular flexibility index (Phi) is 6.75. The molecular weight excluding hydrogens is 360 g/mol. The fraction of sp³-hybridized carbons (Fsp3) is 0.739. The number of benzene rings is 1. The van der Waals surface area contributed by atoms with Gasteiger partial charge in [0.25, 0.3) is 0 Å². The van der Waals surface area contributed by atoms with Crippen LogP contribution in [-0.2, 0) is 27.2 Å². The topological polar surface area (TPSA) is 27.7 Å². The van der Waals surface area contributed by atoms with Crippen molar-refractivity contribution >= 4 is 11.6 Å². The predicted molar refractivity (Wildman–Crippen MR) is 108 cm³/mol. The molecular formula is C23H33ClO3. The van der Waals surface area contributed by atoms with Crippen molar-refractivity contribution in [1.29, 1.82) is 0 Å². The van der Waals surface area contributed by atoms with Crippen LogP contribution in [0.2, 0.25) is 0 Å². The van der Waals surface area contributed by atoms with E-state index in [2.05, 4.69) is 25.1 Å². The van der Waals surface area contributed by atoms with E-state index in [0.29, 0.717) is 24.4 Å². The van der Waals surface area contributed by atoms with Gasteiger partial charge >= 0.3 is 0 Å². The normalized spacial score (nSPS) is 34.2. The lowest BCUT2D eigenvalue weighted by Crippen LogP contribution is -2.38. The molecule has 4 heteroatoms. The van der Waals surface area contributed by atoms with Gasteiger partial charge in [-0.1, -0.05) is 49.6 Å². The van der Waals surface area contributed by atoms with E-state index in [9.17, 15) is 0 Å². The molecule has 0 aromatic heterocycles. The smallest absolute Gasteiger partial charge is 0.160 e. The molecule has 1 saturated heterocycles. The molecule has 1 aromatic rings. The zero-order valence-electron chi connectivity index (χ0n) is 16.5. The molecule has 1 aromatic carbocycles. The average Bonchev–Trinajstić information content (AvgIpc) is 2.72. The number of alkyl halides is 1. The summed E-state index contributed by atoms with van der Waals surface area (Å²) in [5.74, 6) is 1.82. The molecule has 1 saturated carbocycles. The van der Waals surface area contributed by atoms with Crippen molar-refractivity contribution in [2.75, 3.05) is 13.2 Å². The molecule has 2 heterocycles. The van der Waals surface area contributed by atoms with Gasteiger partial charge in [0.05, 0.1) is 19.8 Å². The first-order valence-corrected chi connectivity index (χ1v) is 11.3. The van der Waals surface area contributed by atoms with Crippen molar-refractivity contribution < 1.29 is 14.2 Å². The summed E-state index contributed by atoms with van der Waals surface area (Å²) in [4.78, 5) is 0. The minimum atomic E-state index is -0.171. The summed E-state index contributed by atoms with van der Waals surface area (Å²) < 4.78 is 17.8. The van der Waals surface area contributed by atoms with Crippen LogP contribution in [0.25, 0.3) is 0 Å². The Balaban J connectivity index is 1.27. The van der Waals surface area contributed by atoms with Crippen LogP contribution in [0, 0.1) is 11.8 Å². The SMILES string of the molecule is CCCCC1COC(C2CCC(c3ccc4c(c3)COC(Cl)C4)CC2)OC1. The summed E-state index contributed by atoms with van der Waals surface area (Å²) in [6.07, 6.45) is 9.48. The van der Waals surface area contributed by atoms with Crippen LogP contribution in [0.15, 0.2) is 18.2 Å². The van der Waals surface area contributed by atoms with E-state index >= 15 is 0 Å². The molecule has 0 radical (unpaired) electrons. The van der Waals surface area contributed by atoms with Crippen LogP contribution in [0.1, 0.15) is 74.5 Å². The molecule has 3 nitrogen and oxygen atoms in total. The van der Waals surface area contributed by atoms with Crippen LogP contribution in [0.4, 0.5) is 0 Å². The molecule has 27 heavy (non-hydrogen) atoms. The number of halogens is 1. The molecule has 3 aliphatic rings. The van der Waals surface area contributed by atoms with Gasteiger partial charge in [-0.2, -0.15) is 0 Å². The van der Waals surface area contributed by atoms with Gasteiger partial charge in [0.2, 0.25) is 0 Å². The Morgan fingerprint density at radius 2 is 1.78 bits per heavy atom. The highest BCUT2D eigenvalue weighted by Crippen LogP contribution is 2.40. The number of unbranched alkanes of at least 4 members (excludes halogenated alkanes) is 1. The third kappa shape index (κ3) is 4.87. The van der Waals surface area contributed by atoms with E-state index in [1.165, 1.54) is 61.6 Å². The lowest BCUT2D eigenvalue weighted by molar-refractivity contribution is -0.229. The molecule has 1 aliphatic carbocycles. The first kappa shape index (κ1) is 19.7. The molecule has 4 rings (SSSR count). The van der Waals surface area contributed by atoms with Crippen LogP contribution in [0.3, 0.4) is 0 Å². The first-order valence-electron chi connectivity index (χ1n) is 10.8. The number of ether oxygens (including phenoxy) is 3. The highest BCUT2D eigenvalue weighted by molar-refractivity contribution is 6.19. The van der Waals surface area contributed by atoms with E-state index in [1.807, 2.05) is 0 Å². The molecule has 0 bridgehead atoms. The van der Waals surface area contributed by atoms with Crippen molar-refractivity contribution in [3.63, 3.8) is 0 Å². The maximum absolute atomic E-state index is 6.11. The molecule has 2 fully saturated rings. The second kappa shape index (κ2) is 9.26. The molecule has 1 unspecified atom stereocenters. The van der Waals surface area contributed by atoms with Gasteiger partial charge in [0.15, 0.2) is 6.29 Å². The van der Waals surface area contributed by atoms with Gasteiger partial charge in [-0.3, -0.25) is 0 Å². The van der Waals surface area contributed by atoms with Crippen molar-refractivity contribution in [2.45, 2.75) is 82.7 Å². The average molecular weight is 393 g/mol. The maximum atomic E-state index is 6.11. The second-order valence-corrected chi connectivity index (χ2v) is 9.10. The molecule has 0 amide bonds. The Bertz CT molecular complexity index is 604. The Morgan fingerprint density at radius 3 is 2.52 bits per heavy atom. The van der Waals surface area contributed by atoms with E-state index in [1.54, 1.807) is 0 Å². The molecule has 2 aliphatic heterocycles. The van der Waals surface area contributed by atoms with E-state index in [0.717, 1.165) is 19.6 Å². The second-order valence-electron chi connectivity index (χ2n) is 8.61. The third-order valence-corrected chi connectivity index (χ3v) is 6.90. The fourth-order valence-electron chi connectivity index (χ4n) is 4.86. The first-order chi connectivity index (χ1) is 13.2. The highest BCUT2D eigenvalue weighted by Gasteiger charge is 2.33. The maximum Gasteiger partial charge on any atom is 0.160 e. The summed E-state index contributed by atoms with van der Waals surface area (Å²) in [6.45, 7) is 4.67. The quantitative estimate of drug-likeness (QED) is 0.594. The summed E-state index contributed by atoms with van der Waals surface area (Å²) in [5.41, 5.74) is 3.97. The summed E-state index contributed by atoms with van der Waals surface area (Å²) in [7, 11) is 0. The molecule has 150 valence electrons. The van der Waals surface area contributed by atoms with Crippen molar-refractivity contribution in [1.82, 2.24) is 0 Å². The highest BCUT2D eigenvalue weighted by atomic mass is 35.5. The van der Waals surface area contributed by atoms with Gasteiger partial charge in [-0.25, -0.2) is 0 Å². The summed E-state index contributed by atoms with van der Waals surface area (Å²) >= 11 is 6.11. The Labute approximate surface area is 168 Å². The Hall–Kier alpha value is -0.610. The third-order valence-electron chi connectivity index (χ3n) is 6.62. The van der Waals surface area contributed by atoms with Crippen molar-refractivity contribution in [3.05, 3.63) is 34.9 Å². The fourth-order valence-corrected chi connectivity index (χ4v) is 5.09. The lowest BCUT2D eigenvalue weighted by atomic mass is 9.77. The van der Waals surface area contributed by atoms with Gasteiger partial charge in [0.1, 0.15) is 5.56 Å².